The van der Waals surface area contributed by atoms with Gasteiger partial charge in [-0.1, -0.05) is 65.9 Å². The van der Waals surface area contributed by atoms with Crippen LogP contribution in [-0.4, -0.2) is 56.8 Å². The number of ether oxygens (including phenoxy) is 2. The highest BCUT2D eigenvalue weighted by Crippen LogP contribution is 2.44. The van der Waals surface area contributed by atoms with Gasteiger partial charge in [0.2, 0.25) is 5.69 Å². The van der Waals surface area contributed by atoms with Crippen molar-refractivity contribution in [2.75, 3.05) is 13.2 Å². The van der Waals surface area contributed by atoms with Crippen molar-refractivity contribution in [1.29, 1.82) is 0 Å². The summed E-state index contributed by atoms with van der Waals surface area (Å²) in [4.78, 5) is 39.1. The van der Waals surface area contributed by atoms with E-state index in [2.05, 4.69) is 16.4 Å². The Morgan fingerprint density at radius 2 is 1.62 bits per heavy atom. The third-order valence-corrected chi connectivity index (χ3v) is 7.00. The molecule has 1 aromatic heterocycles. The normalized spacial score (nSPS) is 19.2. The second-order valence-corrected chi connectivity index (χ2v) is 9.54. The van der Waals surface area contributed by atoms with Crippen LogP contribution in [0.5, 0.6) is 0 Å². The van der Waals surface area contributed by atoms with Gasteiger partial charge in [0.1, 0.15) is 6.54 Å². The fourth-order valence-corrected chi connectivity index (χ4v) is 5.30. The van der Waals surface area contributed by atoms with E-state index in [0.717, 1.165) is 46.4 Å². The molecular formula is C30H31N5O5. The molecule has 1 aliphatic heterocycles. The number of rotatable bonds is 8. The minimum Gasteiger partial charge on any atom is -0.461 e. The molecule has 2 aliphatic rings. The van der Waals surface area contributed by atoms with E-state index in [4.69, 9.17) is 14.6 Å². The lowest BCUT2D eigenvalue weighted by Gasteiger charge is -2.29. The molecule has 10 heteroatoms. The Labute approximate surface area is 232 Å². The van der Waals surface area contributed by atoms with E-state index in [1.54, 1.807) is 13.8 Å². The monoisotopic (exact) mass is 541 g/mol. The average molecular weight is 542 g/mol. The molecule has 2 unspecified atom stereocenters. The zero-order valence-corrected chi connectivity index (χ0v) is 22.5. The number of hydrazone groups is 1. The molecule has 1 saturated carbocycles. The van der Waals surface area contributed by atoms with E-state index < -0.39 is 11.9 Å². The SMILES string of the molecule is CCOC(=O)c1nnn(CC(=O)N2N=C3/C(=C\c4ccccc4)CCCC3C2c2ccccc2)c1C(=O)OCC. The largest absolute Gasteiger partial charge is 0.461 e. The Balaban J connectivity index is 1.51. The molecule has 3 aromatic rings. The van der Waals surface area contributed by atoms with Gasteiger partial charge in [-0.2, -0.15) is 5.10 Å². The highest BCUT2D eigenvalue weighted by Gasteiger charge is 2.44. The van der Waals surface area contributed by atoms with Crippen LogP contribution in [0.2, 0.25) is 0 Å². The summed E-state index contributed by atoms with van der Waals surface area (Å²) in [6.07, 6.45) is 4.88. The minimum atomic E-state index is -0.811. The maximum absolute atomic E-state index is 13.9. The van der Waals surface area contributed by atoms with Crippen LogP contribution in [0.4, 0.5) is 0 Å². The molecule has 0 bridgehead atoms. The first-order chi connectivity index (χ1) is 19.5. The Bertz CT molecular complexity index is 1450. The fourth-order valence-electron chi connectivity index (χ4n) is 5.30. The zero-order chi connectivity index (χ0) is 28.1. The first kappa shape index (κ1) is 27.0. The van der Waals surface area contributed by atoms with Gasteiger partial charge >= 0.3 is 11.9 Å². The summed E-state index contributed by atoms with van der Waals surface area (Å²) in [5.74, 6) is -1.99. The Morgan fingerprint density at radius 3 is 2.33 bits per heavy atom. The summed E-state index contributed by atoms with van der Waals surface area (Å²) >= 11 is 0. The zero-order valence-electron chi connectivity index (χ0n) is 22.5. The number of fused-ring (bicyclic) bond motifs is 1. The van der Waals surface area contributed by atoms with Gasteiger partial charge < -0.3 is 9.47 Å². The number of carbonyl (C=O) groups excluding carboxylic acids is 3. The second kappa shape index (κ2) is 12.1. The van der Waals surface area contributed by atoms with Crippen molar-refractivity contribution in [3.05, 3.63) is 88.8 Å². The molecule has 5 rings (SSSR count). The van der Waals surface area contributed by atoms with Crippen LogP contribution < -0.4 is 0 Å². The van der Waals surface area contributed by atoms with Gasteiger partial charge in [0, 0.05) is 5.92 Å². The third kappa shape index (κ3) is 5.42. The number of amides is 1. The van der Waals surface area contributed by atoms with Gasteiger partial charge in [-0.15, -0.1) is 5.10 Å². The number of allylic oxidation sites excluding steroid dienone is 1. The Morgan fingerprint density at radius 1 is 0.950 bits per heavy atom. The van der Waals surface area contributed by atoms with E-state index in [9.17, 15) is 14.4 Å². The van der Waals surface area contributed by atoms with Crippen molar-refractivity contribution >= 4 is 29.6 Å². The number of hydrogen-bond donors (Lipinski definition) is 0. The number of carbonyl (C=O) groups is 3. The lowest BCUT2D eigenvalue weighted by Crippen LogP contribution is -2.34. The molecule has 2 aromatic carbocycles. The first-order valence-electron chi connectivity index (χ1n) is 13.5. The minimum absolute atomic E-state index is 0.0189. The van der Waals surface area contributed by atoms with Crippen LogP contribution >= 0.6 is 0 Å². The molecule has 0 radical (unpaired) electrons. The number of esters is 2. The number of nitrogens with zero attached hydrogens (tertiary/aromatic N) is 5. The fraction of sp³-hybridized carbons (Fsp3) is 0.333. The molecular weight excluding hydrogens is 510 g/mol. The van der Waals surface area contributed by atoms with Crippen LogP contribution in [0.3, 0.4) is 0 Å². The van der Waals surface area contributed by atoms with Gasteiger partial charge in [0.15, 0.2) is 5.69 Å². The predicted octanol–water partition coefficient (Wildman–Crippen LogP) is 4.45. The quantitative estimate of drug-likeness (QED) is 0.387. The van der Waals surface area contributed by atoms with Crippen molar-refractivity contribution in [3.63, 3.8) is 0 Å². The number of hydrogen-bond acceptors (Lipinski definition) is 8. The van der Waals surface area contributed by atoms with Crippen LogP contribution in [-0.2, 0) is 20.8 Å². The summed E-state index contributed by atoms with van der Waals surface area (Å²) in [6.45, 7) is 3.11. The first-order valence-corrected chi connectivity index (χ1v) is 13.5. The van der Waals surface area contributed by atoms with Gasteiger partial charge in [0.25, 0.3) is 5.91 Å². The number of aromatic nitrogens is 3. The molecule has 10 nitrogen and oxygen atoms in total. The van der Waals surface area contributed by atoms with Crippen LogP contribution in [0, 0.1) is 5.92 Å². The maximum Gasteiger partial charge on any atom is 0.361 e. The van der Waals surface area contributed by atoms with Crippen LogP contribution in [0.25, 0.3) is 6.08 Å². The lowest BCUT2D eigenvalue weighted by atomic mass is 9.77. The van der Waals surface area contributed by atoms with Gasteiger partial charge in [-0.3, -0.25) is 4.79 Å². The van der Waals surface area contributed by atoms with E-state index in [1.807, 2.05) is 60.7 Å². The molecule has 1 fully saturated rings. The molecule has 2 heterocycles. The van der Waals surface area contributed by atoms with E-state index in [-0.39, 0.29) is 49.0 Å². The van der Waals surface area contributed by atoms with Crippen molar-refractivity contribution in [2.24, 2.45) is 11.0 Å². The Kier molecular flexibility index (Phi) is 8.14. The third-order valence-electron chi connectivity index (χ3n) is 7.00. The molecule has 1 amide bonds. The summed E-state index contributed by atoms with van der Waals surface area (Å²) in [5, 5.41) is 14.2. The van der Waals surface area contributed by atoms with Gasteiger partial charge in [-0.05, 0) is 55.9 Å². The summed E-state index contributed by atoms with van der Waals surface area (Å²) in [5.41, 5.74) is 3.54. The van der Waals surface area contributed by atoms with Crippen LogP contribution in [0.1, 0.15) is 71.3 Å². The molecule has 1 aliphatic carbocycles. The highest BCUT2D eigenvalue weighted by atomic mass is 16.5. The molecule has 40 heavy (non-hydrogen) atoms. The second-order valence-electron chi connectivity index (χ2n) is 9.54. The van der Waals surface area contributed by atoms with Crippen molar-refractivity contribution in [2.45, 2.75) is 45.7 Å². The Hall–Kier alpha value is -4.60. The molecule has 0 spiro atoms. The highest BCUT2D eigenvalue weighted by molar-refractivity contribution is 6.08. The average Bonchev–Trinajstić information content (AvgIpc) is 3.57. The van der Waals surface area contributed by atoms with Crippen molar-refractivity contribution in [3.8, 4) is 0 Å². The van der Waals surface area contributed by atoms with Gasteiger partial charge in [-0.25, -0.2) is 19.3 Å². The summed E-state index contributed by atoms with van der Waals surface area (Å²) < 4.78 is 11.3. The molecule has 206 valence electrons. The topological polar surface area (TPSA) is 116 Å². The summed E-state index contributed by atoms with van der Waals surface area (Å²) in [7, 11) is 0. The van der Waals surface area contributed by atoms with E-state index in [0.29, 0.717) is 0 Å². The number of benzene rings is 2. The maximum atomic E-state index is 13.9. The predicted molar refractivity (Wildman–Crippen MR) is 147 cm³/mol. The van der Waals surface area contributed by atoms with E-state index >= 15 is 0 Å². The van der Waals surface area contributed by atoms with E-state index in [1.165, 1.54) is 5.01 Å². The van der Waals surface area contributed by atoms with Crippen molar-refractivity contribution in [1.82, 2.24) is 20.0 Å². The molecule has 0 saturated heterocycles. The molecule has 2 atom stereocenters. The van der Waals surface area contributed by atoms with Crippen LogP contribution in [0.15, 0.2) is 71.3 Å². The standard InChI is InChI=1S/C30H31N5O5/c1-3-39-29(37)26-28(30(38)40-4-2)34(33-31-26)19-24(36)35-27(21-14-9-6-10-15-21)23-17-11-16-22(25(23)32-35)18-20-12-7-5-8-13-20/h5-10,12-15,18,23,27H,3-4,11,16-17,19H2,1-2H3/b22-18-. The molecule has 0 N–H and O–H groups in total. The summed E-state index contributed by atoms with van der Waals surface area (Å²) in [6, 6.07) is 19.6. The smallest absolute Gasteiger partial charge is 0.361 e. The van der Waals surface area contributed by atoms with Crippen molar-refractivity contribution < 1.29 is 23.9 Å². The van der Waals surface area contributed by atoms with Gasteiger partial charge in [0.05, 0.1) is 25.0 Å². The lowest BCUT2D eigenvalue weighted by molar-refractivity contribution is -0.134.